The Hall–Kier alpha value is -1.61. The van der Waals surface area contributed by atoms with Gasteiger partial charge < -0.3 is 4.79 Å². The van der Waals surface area contributed by atoms with Gasteiger partial charge in [-0.05, 0) is 32.4 Å². The molecule has 0 saturated carbocycles. The van der Waals surface area contributed by atoms with E-state index in [2.05, 4.69) is 5.10 Å². The molecule has 3 nitrogen and oxygen atoms in total. The van der Waals surface area contributed by atoms with E-state index in [1.807, 2.05) is 51.2 Å². The van der Waals surface area contributed by atoms with Crippen LogP contribution in [0.4, 0.5) is 0 Å². The van der Waals surface area contributed by atoms with E-state index in [1.165, 1.54) is 0 Å². The summed E-state index contributed by atoms with van der Waals surface area (Å²) in [5.41, 5.74) is 2.05. The maximum absolute atomic E-state index is 11.1. The van der Waals surface area contributed by atoms with Crippen molar-refractivity contribution in [3.63, 3.8) is 0 Å². The second kappa shape index (κ2) is 4.58. The number of benzene rings is 1. The molecular weight excluding hydrogens is 248 g/mol. The average Bonchev–Trinajstić information content (AvgIpc) is 2.73. The van der Waals surface area contributed by atoms with Crippen LogP contribution in [0.1, 0.15) is 19.4 Å². The quantitative estimate of drug-likeness (QED) is 0.794. The first-order chi connectivity index (χ1) is 8.45. The Morgan fingerprint density at radius 2 is 2.00 bits per heavy atom. The van der Waals surface area contributed by atoms with Crippen molar-refractivity contribution in [2.24, 2.45) is 0 Å². The summed E-state index contributed by atoms with van der Waals surface area (Å²) in [5.74, 6) is 0. The highest BCUT2D eigenvalue weighted by Crippen LogP contribution is 2.29. The molecular formula is C14H15ClN2O. The lowest BCUT2D eigenvalue weighted by Gasteiger charge is -2.17. The highest BCUT2D eigenvalue weighted by molar-refractivity contribution is 6.33. The van der Waals surface area contributed by atoms with Crippen molar-refractivity contribution in [2.75, 3.05) is 0 Å². The molecule has 0 radical (unpaired) electrons. The second-order valence-electron chi connectivity index (χ2n) is 4.86. The number of hydrogen-bond donors (Lipinski definition) is 0. The summed E-state index contributed by atoms with van der Waals surface area (Å²) in [6, 6.07) is 7.56. The number of halogens is 1. The molecule has 0 saturated heterocycles. The molecule has 0 unspecified atom stereocenters. The predicted molar refractivity (Wildman–Crippen MR) is 72.8 cm³/mol. The summed E-state index contributed by atoms with van der Waals surface area (Å²) >= 11 is 6.17. The number of rotatable bonds is 3. The van der Waals surface area contributed by atoms with Crippen LogP contribution >= 0.6 is 11.6 Å². The summed E-state index contributed by atoms with van der Waals surface area (Å²) < 4.78 is 1.67. The van der Waals surface area contributed by atoms with Crippen molar-refractivity contribution in [3.8, 4) is 11.3 Å². The molecule has 0 aliphatic carbocycles. The number of aryl methyl sites for hydroxylation is 1. The Kier molecular flexibility index (Phi) is 3.26. The molecule has 1 heterocycles. The molecule has 1 aromatic carbocycles. The Labute approximate surface area is 111 Å². The Morgan fingerprint density at radius 3 is 2.61 bits per heavy atom. The second-order valence-corrected chi connectivity index (χ2v) is 5.26. The topological polar surface area (TPSA) is 34.9 Å². The minimum atomic E-state index is -0.649. The van der Waals surface area contributed by atoms with Gasteiger partial charge in [0.25, 0.3) is 0 Å². The van der Waals surface area contributed by atoms with Crippen molar-refractivity contribution >= 4 is 17.9 Å². The molecule has 2 rings (SSSR count). The molecule has 0 spiro atoms. The molecule has 0 bridgehead atoms. The van der Waals surface area contributed by atoms with Crippen LogP contribution in [0.15, 0.2) is 30.5 Å². The zero-order valence-corrected chi connectivity index (χ0v) is 11.4. The highest BCUT2D eigenvalue weighted by atomic mass is 35.5. The monoisotopic (exact) mass is 262 g/mol. The van der Waals surface area contributed by atoms with Crippen LogP contribution in [0.5, 0.6) is 0 Å². The lowest BCUT2D eigenvalue weighted by molar-refractivity contribution is -0.114. The maximum Gasteiger partial charge on any atom is 0.147 e. The summed E-state index contributed by atoms with van der Waals surface area (Å²) in [4.78, 5) is 11.1. The molecule has 0 N–H and O–H groups in total. The summed E-state index contributed by atoms with van der Waals surface area (Å²) in [5, 5.41) is 5.15. The third-order valence-electron chi connectivity index (χ3n) is 2.91. The van der Waals surface area contributed by atoms with Gasteiger partial charge >= 0.3 is 0 Å². The first kappa shape index (κ1) is 12.8. The van der Waals surface area contributed by atoms with Gasteiger partial charge in [0.1, 0.15) is 11.8 Å². The van der Waals surface area contributed by atoms with E-state index in [0.29, 0.717) is 5.02 Å². The Morgan fingerprint density at radius 1 is 1.33 bits per heavy atom. The van der Waals surface area contributed by atoms with E-state index < -0.39 is 5.54 Å². The fourth-order valence-corrected chi connectivity index (χ4v) is 1.95. The van der Waals surface area contributed by atoms with Gasteiger partial charge in [-0.3, -0.25) is 4.68 Å². The van der Waals surface area contributed by atoms with Gasteiger partial charge in [0.05, 0.1) is 10.7 Å². The van der Waals surface area contributed by atoms with Crippen molar-refractivity contribution < 1.29 is 4.79 Å². The number of carbonyl (C=O) groups is 1. The molecule has 2 aromatic rings. The number of carbonyl (C=O) groups excluding carboxylic acids is 1. The summed E-state index contributed by atoms with van der Waals surface area (Å²) in [7, 11) is 0. The molecule has 0 amide bonds. The molecule has 0 aliphatic heterocycles. The normalized spacial score (nSPS) is 11.6. The van der Waals surface area contributed by atoms with Gasteiger partial charge in [-0.2, -0.15) is 5.10 Å². The van der Waals surface area contributed by atoms with Crippen LogP contribution in [0.2, 0.25) is 5.02 Å². The van der Waals surface area contributed by atoms with Gasteiger partial charge in [0.15, 0.2) is 0 Å². The van der Waals surface area contributed by atoms with Gasteiger partial charge in [-0.25, -0.2) is 0 Å². The first-order valence-electron chi connectivity index (χ1n) is 5.73. The number of nitrogens with zero attached hydrogens (tertiary/aromatic N) is 2. The van der Waals surface area contributed by atoms with E-state index in [0.717, 1.165) is 23.1 Å². The minimum Gasteiger partial charge on any atom is -0.301 e. The van der Waals surface area contributed by atoms with Crippen molar-refractivity contribution in [3.05, 3.63) is 41.0 Å². The van der Waals surface area contributed by atoms with Crippen LogP contribution in [0, 0.1) is 6.92 Å². The fourth-order valence-electron chi connectivity index (χ4n) is 1.73. The highest BCUT2D eigenvalue weighted by Gasteiger charge is 2.22. The van der Waals surface area contributed by atoms with Gasteiger partial charge in [0.2, 0.25) is 0 Å². The van der Waals surface area contributed by atoms with E-state index in [9.17, 15) is 4.79 Å². The van der Waals surface area contributed by atoms with E-state index in [4.69, 9.17) is 11.6 Å². The molecule has 0 atom stereocenters. The lowest BCUT2D eigenvalue weighted by Crippen LogP contribution is -2.28. The number of hydrogen-bond acceptors (Lipinski definition) is 2. The molecule has 0 fully saturated rings. The van der Waals surface area contributed by atoms with Crippen LogP contribution in [-0.4, -0.2) is 16.1 Å². The Balaban J connectivity index is 2.55. The molecule has 0 aliphatic rings. The fraction of sp³-hybridized carbons (Fsp3) is 0.286. The number of aromatic nitrogens is 2. The van der Waals surface area contributed by atoms with Crippen molar-refractivity contribution in [1.29, 1.82) is 0 Å². The third kappa shape index (κ3) is 2.18. The molecule has 4 heteroatoms. The number of aldehydes is 1. The van der Waals surface area contributed by atoms with Gasteiger partial charge in [0, 0.05) is 11.8 Å². The zero-order valence-electron chi connectivity index (χ0n) is 10.6. The summed E-state index contributed by atoms with van der Waals surface area (Å²) in [6.45, 7) is 5.61. The lowest BCUT2D eigenvalue weighted by atomic mass is 10.1. The first-order valence-corrected chi connectivity index (χ1v) is 6.11. The van der Waals surface area contributed by atoms with E-state index >= 15 is 0 Å². The van der Waals surface area contributed by atoms with Gasteiger partial charge in [-0.15, -0.1) is 0 Å². The largest absolute Gasteiger partial charge is 0.301 e. The maximum atomic E-state index is 11.1. The predicted octanol–water partition coefficient (Wildman–Crippen LogP) is 3.45. The van der Waals surface area contributed by atoms with Crippen LogP contribution in [0.3, 0.4) is 0 Å². The van der Waals surface area contributed by atoms with Crippen LogP contribution in [0.25, 0.3) is 11.3 Å². The smallest absolute Gasteiger partial charge is 0.147 e. The molecule has 18 heavy (non-hydrogen) atoms. The molecule has 1 aromatic heterocycles. The van der Waals surface area contributed by atoms with E-state index in [-0.39, 0.29) is 0 Å². The average molecular weight is 263 g/mol. The zero-order chi connectivity index (χ0) is 13.3. The Bertz CT molecular complexity index is 587. The minimum absolute atomic E-state index is 0.649. The van der Waals surface area contributed by atoms with Crippen LogP contribution in [-0.2, 0) is 10.3 Å². The van der Waals surface area contributed by atoms with Crippen molar-refractivity contribution in [2.45, 2.75) is 26.3 Å². The van der Waals surface area contributed by atoms with Gasteiger partial charge in [-0.1, -0.05) is 29.8 Å². The third-order valence-corrected chi connectivity index (χ3v) is 3.23. The summed E-state index contributed by atoms with van der Waals surface area (Å²) in [6.07, 6.45) is 2.75. The standard InChI is InChI=1S/C14H15ClN2O/c1-10-8-17(14(2,3)9-18)16-13(10)11-6-4-5-7-12(11)15/h4-9H,1-3H3. The van der Waals surface area contributed by atoms with Crippen molar-refractivity contribution in [1.82, 2.24) is 9.78 Å². The SMILES string of the molecule is Cc1cn(C(C)(C)C=O)nc1-c1ccccc1Cl. The van der Waals surface area contributed by atoms with Crippen LogP contribution < -0.4 is 0 Å². The molecule has 94 valence electrons. The van der Waals surface area contributed by atoms with E-state index in [1.54, 1.807) is 4.68 Å².